The standard InChI is InChI=1S/C19H18N2O/c1-13-7-14(2)9-15(8-13)10-16-5-3-4-6-17(16)11-18(12-20)19(21)22/h3-9,11H,10H2,1-2H3,(H2,21,22)/b18-11+. The maximum atomic E-state index is 11.2. The van der Waals surface area contributed by atoms with Crippen LogP contribution in [0.4, 0.5) is 0 Å². The molecule has 3 heteroatoms. The van der Waals surface area contributed by atoms with Crippen LogP contribution < -0.4 is 5.73 Å². The quantitative estimate of drug-likeness (QED) is 0.693. The van der Waals surface area contributed by atoms with Gasteiger partial charge < -0.3 is 5.73 Å². The van der Waals surface area contributed by atoms with Crippen molar-refractivity contribution < 1.29 is 4.79 Å². The SMILES string of the molecule is Cc1cc(C)cc(Cc2ccccc2/C=C(\C#N)C(N)=O)c1. The minimum absolute atomic E-state index is 0.0344. The summed E-state index contributed by atoms with van der Waals surface area (Å²) in [5.74, 6) is -0.705. The smallest absolute Gasteiger partial charge is 0.259 e. The van der Waals surface area contributed by atoms with Gasteiger partial charge in [-0.05, 0) is 43.0 Å². The van der Waals surface area contributed by atoms with Crippen LogP contribution in [-0.2, 0) is 11.2 Å². The first-order valence-electron chi connectivity index (χ1n) is 7.06. The summed E-state index contributed by atoms with van der Waals surface area (Å²) in [5.41, 5.74) is 10.7. The van der Waals surface area contributed by atoms with E-state index in [-0.39, 0.29) is 5.57 Å². The number of carbonyl (C=O) groups excluding carboxylic acids is 1. The summed E-state index contributed by atoms with van der Waals surface area (Å²) in [5, 5.41) is 8.99. The van der Waals surface area contributed by atoms with Gasteiger partial charge in [0.15, 0.2) is 0 Å². The molecule has 0 unspecified atom stereocenters. The highest BCUT2D eigenvalue weighted by molar-refractivity contribution is 6.00. The summed E-state index contributed by atoms with van der Waals surface area (Å²) >= 11 is 0. The van der Waals surface area contributed by atoms with E-state index in [1.807, 2.05) is 30.3 Å². The molecule has 0 aliphatic carbocycles. The molecule has 0 saturated carbocycles. The molecule has 110 valence electrons. The van der Waals surface area contributed by atoms with Gasteiger partial charge in [-0.15, -0.1) is 0 Å². The van der Waals surface area contributed by atoms with Crippen molar-refractivity contribution in [3.63, 3.8) is 0 Å². The van der Waals surface area contributed by atoms with Crippen molar-refractivity contribution in [2.45, 2.75) is 20.3 Å². The highest BCUT2D eigenvalue weighted by Crippen LogP contribution is 2.19. The highest BCUT2D eigenvalue weighted by atomic mass is 16.1. The van der Waals surface area contributed by atoms with Crippen LogP contribution in [0, 0.1) is 25.2 Å². The van der Waals surface area contributed by atoms with Gasteiger partial charge in [0.25, 0.3) is 5.91 Å². The predicted molar refractivity (Wildman–Crippen MR) is 87.9 cm³/mol. The molecule has 0 radical (unpaired) electrons. The molecular weight excluding hydrogens is 272 g/mol. The Morgan fingerprint density at radius 2 is 1.82 bits per heavy atom. The first-order valence-corrected chi connectivity index (χ1v) is 7.06. The molecule has 0 bridgehead atoms. The molecule has 0 aromatic heterocycles. The Hall–Kier alpha value is -2.86. The third-order valence-electron chi connectivity index (χ3n) is 3.42. The molecule has 2 N–H and O–H groups in total. The molecule has 0 aliphatic rings. The summed E-state index contributed by atoms with van der Waals surface area (Å²) in [6.07, 6.45) is 2.30. The van der Waals surface area contributed by atoms with Crippen molar-refractivity contribution in [3.05, 3.63) is 75.9 Å². The minimum Gasteiger partial charge on any atom is -0.365 e. The van der Waals surface area contributed by atoms with E-state index in [0.717, 1.165) is 17.5 Å². The van der Waals surface area contributed by atoms with Crippen LogP contribution in [0.3, 0.4) is 0 Å². The lowest BCUT2D eigenvalue weighted by atomic mass is 9.96. The van der Waals surface area contributed by atoms with Crippen molar-refractivity contribution in [3.8, 4) is 6.07 Å². The van der Waals surface area contributed by atoms with Gasteiger partial charge in [0.2, 0.25) is 0 Å². The molecular formula is C19H18N2O. The number of nitriles is 1. The molecule has 2 aromatic rings. The fraction of sp³-hybridized carbons (Fsp3) is 0.158. The molecule has 3 nitrogen and oxygen atoms in total. The van der Waals surface area contributed by atoms with Gasteiger partial charge >= 0.3 is 0 Å². The van der Waals surface area contributed by atoms with Crippen molar-refractivity contribution >= 4 is 12.0 Å². The molecule has 0 atom stereocenters. The van der Waals surface area contributed by atoms with Crippen molar-refractivity contribution in [1.29, 1.82) is 5.26 Å². The Morgan fingerprint density at radius 1 is 1.18 bits per heavy atom. The molecule has 0 fully saturated rings. The summed E-state index contributed by atoms with van der Waals surface area (Å²) in [6.45, 7) is 4.15. The number of carbonyl (C=O) groups is 1. The molecule has 0 heterocycles. The van der Waals surface area contributed by atoms with Gasteiger partial charge in [-0.1, -0.05) is 53.6 Å². The average Bonchev–Trinajstić information content (AvgIpc) is 2.44. The summed E-state index contributed by atoms with van der Waals surface area (Å²) in [6, 6.07) is 16.0. The van der Waals surface area contributed by atoms with Crippen molar-refractivity contribution in [2.75, 3.05) is 0 Å². The largest absolute Gasteiger partial charge is 0.365 e. The van der Waals surface area contributed by atoms with Crippen LogP contribution in [-0.4, -0.2) is 5.91 Å². The van der Waals surface area contributed by atoms with Gasteiger partial charge in [0.05, 0.1) is 0 Å². The topological polar surface area (TPSA) is 66.9 Å². The lowest BCUT2D eigenvalue weighted by Gasteiger charge is -2.09. The van der Waals surface area contributed by atoms with Gasteiger partial charge in [-0.3, -0.25) is 4.79 Å². The Labute approximate surface area is 130 Å². The molecule has 0 aliphatic heterocycles. The zero-order chi connectivity index (χ0) is 16.1. The lowest BCUT2D eigenvalue weighted by molar-refractivity contribution is -0.114. The maximum absolute atomic E-state index is 11.2. The van der Waals surface area contributed by atoms with Gasteiger partial charge in [-0.2, -0.15) is 5.26 Å². The summed E-state index contributed by atoms with van der Waals surface area (Å²) < 4.78 is 0. The Morgan fingerprint density at radius 3 is 2.41 bits per heavy atom. The lowest BCUT2D eigenvalue weighted by Crippen LogP contribution is -2.12. The van der Waals surface area contributed by atoms with Gasteiger partial charge in [0, 0.05) is 0 Å². The fourth-order valence-corrected chi connectivity index (χ4v) is 2.54. The molecule has 1 amide bonds. The Kier molecular flexibility index (Phi) is 4.75. The summed E-state index contributed by atoms with van der Waals surface area (Å²) in [7, 11) is 0. The van der Waals surface area contributed by atoms with Crippen LogP contribution in [0.2, 0.25) is 0 Å². The second kappa shape index (κ2) is 6.73. The zero-order valence-corrected chi connectivity index (χ0v) is 12.8. The van der Waals surface area contributed by atoms with E-state index in [0.29, 0.717) is 0 Å². The monoisotopic (exact) mass is 290 g/mol. The van der Waals surface area contributed by atoms with E-state index in [4.69, 9.17) is 11.0 Å². The third-order valence-corrected chi connectivity index (χ3v) is 3.42. The number of amides is 1. The Bertz CT molecular complexity index is 762. The number of hydrogen-bond donors (Lipinski definition) is 1. The third kappa shape index (κ3) is 3.83. The van der Waals surface area contributed by atoms with E-state index >= 15 is 0 Å². The molecule has 2 rings (SSSR count). The fourth-order valence-electron chi connectivity index (χ4n) is 2.54. The van der Waals surface area contributed by atoms with Crippen LogP contribution in [0.25, 0.3) is 6.08 Å². The highest BCUT2D eigenvalue weighted by Gasteiger charge is 2.07. The van der Waals surface area contributed by atoms with Gasteiger partial charge in [0.1, 0.15) is 11.6 Å². The number of aryl methyl sites for hydroxylation is 2. The zero-order valence-electron chi connectivity index (χ0n) is 12.8. The maximum Gasteiger partial charge on any atom is 0.259 e. The second-order valence-electron chi connectivity index (χ2n) is 5.41. The summed E-state index contributed by atoms with van der Waals surface area (Å²) in [4.78, 5) is 11.2. The predicted octanol–water partition coefficient (Wildman–Crippen LogP) is 3.29. The van der Waals surface area contributed by atoms with Crippen molar-refractivity contribution in [1.82, 2.24) is 0 Å². The minimum atomic E-state index is -0.705. The normalized spacial score (nSPS) is 11.0. The second-order valence-corrected chi connectivity index (χ2v) is 5.41. The molecule has 2 aromatic carbocycles. The first kappa shape index (κ1) is 15.5. The Balaban J connectivity index is 2.41. The van der Waals surface area contributed by atoms with Crippen molar-refractivity contribution in [2.24, 2.45) is 5.73 Å². The molecule has 22 heavy (non-hydrogen) atoms. The first-order chi connectivity index (χ1) is 10.5. The van der Waals surface area contributed by atoms with Gasteiger partial charge in [-0.25, -0.2) is 0 Å². The van der Waals surface area contributed by atoms with E-state index in [2.05, 4.69) is 32.0 Å². The van der Waals surface area contributed by atoms with Crippen LogP contribution in [0.1, 0.15) is 27.8 Å². The van der Waals surface area contributed by atoms with E-state index in [1.165, 1.54) is 16.7 Å². The number of primary amides is 1. The van der Waals surface area contributed by atoms with Crippen LogP contribution in [0.5, 0.6) is 0 Å². The number of rotatable bonds is 4. The van der Waals surface area contributed by atoms with E-state index in [1.54, 1.807) is 6.08 Å². The van der Waals surface area contributed by atoms with Crippen LogP contribution >= 0.6 is 0 Å². The van der Waals surface area contributed by atoms with Crippen LogP contribution in [0.15, 0.2) is 48.0 Å². The molecule has 0 saturated heterocycles. The number of nitrogens with zero attached hydrogens (tertiary/aromatic N) is 1. The average molecular weight is 290 g/mol. The van der Waals surface area contributed by atoms with E-state index < -0.39 is 5.91 Å². The molecule has 0 spiro atoms. The number of benzene rings is 2. The van der Waals surface area contributed by atoms with E-state index in [9.17, 15) is 4.79 Å². The number of nitrogens with two attached hydrogens (primary N) is 1. The number of hydrogen-bond acceptors (Lipinski definition) is 2.